The number of nitrogens with one attached hydrogen (secondary N) is 1. The Morgan fingerprint density at radius 2 is 2.21 bits per heavy atom. The molecule has 0 atom stereocenters. The van der Waals surface area contributed by atoms with E-state index in [0.29, 0.717) is 0 Å². The zero-order valence-electron chi connectivity index (χ0n) is 7.49. The first kappa shape index (κ1) is 12.1. The van der Waals surface area contributed by atoms with Crippen LogP contribution < -0.4 is 5.48 Å². The molecule has 1 aromatic carbocycles. The first-order valence-corrected chi connectivity index (χ1v) is 3.66. The molecule has 0 aliphatic carbocycles. The van der Waals surface area contributed by atoms with Crippen LogP contribution in [0.3, 0.4) is 0 Å². The van der Waals surface area contributed by atoms with Gasteiger partial charge in [-0.25, -0.2) is 9.87 Å². The molecule has 1 amide bonds. The number of hydrogen-bond donors (Lipinski definition) is 2. The molecule has 0 saturated carbocycles. The molecule has 0 unspecified atom stereocenters. The van der Waals surface area contributed by atoms with Gasteiger partial charge in [0, 0.05) is 12.5 Å². The summed E-state index contributed by atoms with van der Waals surface area (Å²) in [7, 11) is 0. The Morgan fingerprint density at radius 1 is 1.64 bits per heavy atom. The average molecular weight is 196 g/mol. The maximum Gasteiger partial charge on any atom is 0.274 e. The lowest BCUT2D eigenvalue weighted by Gasteiger charge is -1.96. The lowest BCUT2D eigenvalue weighted by molar-refractivity contribution is 0.0706. The van der Waals surface area contributed by atoms with E-state index in [1.165, 1.54) is 30.6 Å². The van der Waals surface area contributed by atoms with Crippen LogP contribution >= 0.6 is 0 Å². The van der Waals surface area contributed by atoms with E-state index in [2.05, 4.69) is 0 Å². The molecule has 0 spiro atoms. The van der Waals surface area contributed by atoms with Crippen LogP contribution in [0.4, 0.5) is 4.39 Å². The highest BCUT2D eigenvalue weighted by atomic mass is 19.1. The third-order valence-electron chi connectivity index (χ3n) is 1.19. The van der Waals surface area contributed by atoms with Crippen LogP contribution in [-0.4, -0.2) is 11.1 Å². The Labute approximate surface area is 80.5 Å². The van der Waals surface area contributed by atoms with E-state index >= 15 is 0 Å². The molecule has 0 radical (unpaired) electrons. The number of halogens is 1. The minimum absolute atomic E-state index is 0.0903. The van der Waals surface area contributed by atoms with Gasteiger partial charge in [-0.3, -0.25) is 10.0 Å². The van der Waals surface area contributed by atoms with Gasteiger partial charge in [-0.15, -0.1) is 0 Å². The Balaban J connectivity index is 0.000000500. The quantitative estimate of drug-likeness (QED) is 0.527. The van der Waals surface area contributed by atoms with Gasteiger partial charge in [0.25, 0.3) is 5.91 Å². The number of rotatable bonds is 1. The van der Waals surface area contributed by atoms with Gasteiger partial charge in [-0.2, -0.15) is 5.26 Å². The predicted molar refractivity (Wildman–Crippen MR) is 46.9 cm³/mol. The normalized spacial score (nSPS) is 7.86. The molecule has 14 heavy (non-hydrogen) atoms. The van der Waals surface area contributed by atoms with Crippen LogP contribution in [0, 0.1) is 17.1 Å². The number of nitriles is 1. The summed E-state index contributed by atoms with van der Waals surface area (Å²) in [5, 5.41) is 15.5. The van der Waals surface area contributed by atoms with Gasteiger partial charge in [-0.1, -0.05) is 6.07 Å². The highest BCUT2D eigenvalue weighted by Crippen LogP contribution is 2.02. The van der Waals surface area contributed by atoms with E-state index in [1.54, 1.807) is 6.07 Å². The lowest BCUT2D eigenvalue weighted by atomic mass is 10.2. The van der Waals surface area contributed by atoms with Crippen LogP contribution in [0.5, 0.6) is 0 Å². The minimum Gasteiger partial charge on any atom is -0.288 e. The molecule has 0 aliphatic heterocycles. The van der Waals surface area contributed by atoms with E-state index in [9.17, 15) is 9.18 Å². The van der Waals surface area contributed by atoms with Gasteiger partial charge in [0.15, 0.2) is 0 Å². The van der Waals surface area contributed by atoms with Gasteiger partial charge >= 0.3 is 0 Å². The molecule has 0 bridgehead atoms. The lowest BCUT2D eigenvalue weighted by Crippen LogP contribution is -2.18. The average Bonchev–Trinajstić information content (AvgIpc) is 2.18. The fraction of sp³-hybridized carbons (Fsp3) is 0.111. The molecular weight excluding hydrogens is 187 g/mol. The maximum atomic E-state index is 12.4. The van der Waals surface area contributed by atoms with E-state index in [0.717, 1.165) is 6.07 Å². The minimum atomic E-state index is -0.718. The summed E-state index contributed by atoms with van der Waals surface area (Å²) in [5.41, 5.74) is 1.49. The van der Waals surface area contributed by atoms with Gasteiger partial charge in [0.2, 0.25) is 0 Å². The van der Waals surface area contributed by atoms with E-state index in [4.69, 9.17) is 10.5 Å². The van der Waals surface area contributed by atoms with Crippen molar-refractivity contribution in [2.45, 2.75) is 6.92 Å². The third-order valence-corrected chi connectivity index (χ3v) is 1.19. The van der Waals surface area contributed by atoms with Crippen LogP contribution in [0.2, 0.25) is 0 Å². The second kappa shape index (κ2) is 6.57. The van der Waals surface area contributed by atoms with Gasteiger partial charge in [0.1, 0.15) is 5.82 Å². The van der Waals surface area contributed by atoms with Crippen molar-refractivity contribution in [3.63, 3.8) is 0 Å². The molecule has 1 aromatic rings. The smallest absolute Gasteiger partial charge is 0.274 e. The summed E-state index contributed by atoms with van der Waals surface area (Å²) in [5.74, 6) is -1.23. The van der Waals surface area contributed by atoms with E-state index < -0.39 is 11.7 Å². The van der Waals surface area contributed by atoms with Crippen LogP contribution in [0.15, 0.2) is 24.3 Å². The summed E-state index contributed by atoms with van der Waals surface area (Å²) in [4.78, 5) is 10.6. The Bertz CT molecular complexity index is 347. The summed E-state index contributed by atoms with van der Waals surface area (Å²) < 4.78 is 12.4. The first-order chi connectivity index (χ1) is 6.65. The van der Waals surface area contributed by atoms with Gasteiger partial charge < -0.3 is 0 Å². The van der Waals surface area contributed by atoms with Crippen LogP contribution in [-0.2, 0) is 0 Å². The fourth-order valence-corrected chi connectivity index (χ4v) is 0.694. The summed E-state index contributed by atoms with van der Waals surface area (Å²) >= 11 is 0. The van der Waals surface area contributed by atoms with Gasteiger partial charge in [0.05, 0.1) is 6.07 Å². The first-order valence-electron chi connectivity index (χ1n) is 3.66. The molecule has 1 rings (SSSR count). The second-order valence-corrected chi connectivity index (χ2v) is 2.17. The molecular formula is C9H9FN2O2. The van der Waals surface area contributed by atoms with Crippen molar-refractivity contribution in [1.82, 2.24) is 5.48 Å². The van der Waals surface area contributed by atoms with Gasteiger partial charge in [-0.05, 0) is 18.2 Å². The van der Waals surface area contributed by atoms with Crippen molar-refractivity contribution < 1.29 is 14.4 Å². The summed E-state index contributed by atoms with van der Waals surface area (Å²) in [6.07, 6.45) is 0. The summed E-state index contributed by atoms with van der Waals surface area (Å²) in [6, 6.07) is 6.79. The zero-order chi connectivity index (χ0) is 11.0. The monoisotopic (exact) mass is 196 g/mol. The highest BCUT2D eigenvalue weighted by molar-refractivity contribution is 5.93. The number of hydrogen-bond acceptors (Lipinski definition) is 3. The SMILES string of the molecule is CC#N.O=C(NO)c1cccc(F)c1. The number of carbonyl (C=O) groups excluding carboxylic acids is 1. The molecule has 74 valence electrons. The number of nitrogens with zero attached hydrogens (tertiary/aromatic N) is 1. The molecule has 0 saturated heterocycles. The molecule has 0 heterocycles. The second-order valence-electron chi connectivity index (χ2n) is 2.17. The standard InChI is InChI=1S/C7H6FNO2.C2H3N/c8-6-3-1-2-5(4-6)7(10)9-11;1-2-3/h1-4,11H,(H,9,10);1H3. The zero-order valence-corrected chi connectivity index (χ0v) is 7.49. The van der Waals surface area contributed by atoms with Crippen molar-refractivity contribution in [3.8, 4) is 6.07 Å². The summed E-state index contributed by atoms with van der Waals surface area (Å²) in [6.45, 7) is 1.43. The molecule has 4 nitrogen and oxygen atoms in total. The van der Waals surface area contributed by atoms with Crippen molar-refractivity contribution >= 4 is 5.91 Å². The topological polar surface area (TPSA) is 73.1 Å². The number of amides is 1. The Hall–Kier alpha value is -1.93. The number of carbonyl (C=O) groups is 1. The Kier molecular flexibility index (Phi) is 5.67. The molecule has 0 aliphatic rings. The molecule has 5 heteroatoms. The Morgan fingerprint density at radius 3 is 2.64 bits per heavy atom. The van der Waals surface area contributed by atoms with Crippen molar-refractivity contribution in [1.29, 1.82) is 5.26 Å². The molecule has 0 fully saturated rings. The highest BCUT2D eigenvalue weighted by Gasteiger charge is 2.02. The molecule has 0 aromatic heterocycles. The fourth-order valence-electron chi connectivity index (χ4n) is 0.694. The van der Waals surface area contributed by atoms with Crippen molar-refractivity contribution in [2.24, 2.45) is 0 Å². The number of benzene rings is 1. The van der Waals surface area contributed by atoms with Crippen LogP contribution in [0.1, 0.15) is 17.3 Å². The predicted octanol–water partition coefficient (Wildman–Crippen LogP) is 1.47. The molecule has 2 N–H and O–H groups in total. The largest absolute Gasteiger partial charge is 0.288 e. The van der Waals surface area contributed by atoms with E-state index in [-0.39, 0.29) is 5.56 Å². The number of hydroxylamine groups is 1. The van der Waals surface area contributed by atoms with Crippen LogP contribution in [0.25, 0.3) is 0 Å². The maximum absolute atomic E-state index is 12.4. The van der Waals surface area contributed by atoms with E-state index in [1.807, 2.05) is 0 Å². The van der Waals surface area contributed by atoms with Crippen molar-refractivity contribution in [3.05, 3.63) is 35.6 Å². The third kappa shape index (κ3) is 4.18. The van der Waals surface area contributed by atoms with Crippen molar-refractivity contribution in [2.75, 3.05) is 0 Å².